The maximum Gasteiger partial charge on any atom is 0.407 e. The molecule has 0 saturated heterocycles. The topological polar surface area (TPSA) is 50.4 Å². The molecule has 0 spiro atoms. The number of amides is 1. The van der Waals surface area contributed by atoms with Crippen LogP contribution in [-0.2, 0) is 17.7 Å². The van der Waals surface area contributed by atoms with Gasteiger partial charge in [0.25, 0.3) is 0 Å². The van der Waals surface area contributed by atoms with Crippen LogP contribution in [-0.4, -0.2) is 17.7 Å². The van der Waals surface area contributed by atoms with Crippen LogP contribution in [0.25, 0.3) is 0 Å². The van der Waals surface area contributed by atoms with Gasteiger partial charge in [-0.2, -0.15) is 0 Å². The summed E-state index contributed by atoms with van der Waals surface area (Å²) in [5, 5.41) is 6.24. The normalized spacial score (nSPS) is 17.6. The summed E-state index contributed by atoms with van der Waals surface area (Å²) in [4.78, 5) is 11.6. The Labute approximate surface area is 114 Å². The van der Waals surface area contributed by atoms with E-state index in [9.17, 15) is 4.79 Å². The Hall–Kier alpha value is -1.71. The molecule has 1 atom stereocenters. The monoisotopic (exact) mass is 262 g/mol. The quantitative estimate of drug-likeness (QED) is 0.861. The smallest absolute Gasteiger partial charge is 0.407 e. The molecule has 0 aliphatic carbocycles. The van der Waals surface area contributed by atoms with Crippen LogP contribution in [0.15, 0.2) is 18.2 Å². The van der Waals surface area contributed by atoms with Gasteiger partial charge in [-0.05, 0) is 45.2 Å². The van der Waals surface area contributed by atoms with Crippen LogP contribution in [0.1, 0.15) is 38.8 Å². The summed E-state index contributed by atoms with van der Waals surface area (Å²) < 4.78 is 5.23. The predicted octanol–water partition coefficient (Wildman–Crippen LogP) is 3.07. The van der Waals surface area contributed by atoms with E-state index in [0.717, 1.165) is 17.7 Å². The second-order valence-corrected chi connectivity index (χ2v) is 6.06. The van der Waals surface area contributed by atoms with Crippen molar-refractivity contribution in [3.63, 3.8) is 0 Å². The Balaban J connectivity index is 1.98. The molecule has 0 saturated carbocycles. The van der Waals surface area contributed by atoms with E-state index in [-0.39, 0.29) is 6.09 Å². The van der Waals surface area contributed by atoms with Crippen LogP contribution < -0.4 is 10.6 Å². The van der Waals surface area contributed by atoms with Crippen molar-refractivity contribution >= 4 is 11.8 Å². The van der Waals surface area contributed by atoms with E-state index in [1.165, 1.54) is 5.56 Å². The molecule has 4 nitrogen and oxygen atoms in total. The molecule has 2 N–H and O–H groups in total. The van der Waals surface area contributed by atoms with Crippen molar-refractivity contribution in [1.29, 1.82) is 0 Å². The number of ether oxygens (including phenoxy) is 1. The SMILES string of the molecule is CC1Cc2cccc(CNC(=O)OC(C)(C)C)c2N1. The maximum atomic E-state index is 11.6. The van der Waals surface area contributed by atoms with E-state index in [0.29, 0.717) is 12.6 Å². The van der Waals surface area contributed by atoms with E-state index in [2.05, 4.69) is 23.6 Å². The average Bonchev–Trinajstić information content (AvgIpc) is 2.64. The number of anilines is 1. The van der Waals surface area contributed by atoms with Gasteiger partial charge in [-0.25, -0.2) is 4.79 Å². The Kier molecular flexibility index (Phi) is 3.69. The molecule has 1 aliphatic heterocycles. The minimum Gasteiger partial charge on any atom is -0.444 e. The summed E-state index contributed by atoms with van der Waals surface area (Å²) >= 11 is 0. The van der Waals surface area contributed by atoms with Crippen molar-refractivity contribution in [3.8, 4) is 0 Å². The third-order valence-electron chi connectivity index (χ3n) is 2.98. The standard InChI is InChI=1S/C15H22N2O2/c1-10-8-11-6-5-7-12(13(11)17-10)9-16-14(18)19-15(2,3)4/h5-7,10,17H,8-9H2,1-4H3,(H,16,18). The number of carbonyl (C=O) groups is 1. The average molecular weight is 262 g/mol. The summed E-state index contributed by atoms with van der Waals surface area (Å²) in [6.07, 6.45) is 0.659. The molecule has 1 aromatic rings. The fraction of sp³-hybridized carbons (Fsp3) is 0.533. The van der Waals surface area contributed by atoms with E-state index >= 15 is 0 Å². The number of nitrogens with one attached hydrogen (secondary N) is 2. The Morgan fingerprint density at radius 2 is 2.21 bits per heavy atom. The molecular formula is C15H22N2O2. The van der Waals surface area contributed by atoms with Crippen LogP contribution in [0, 0.1) is 0 Å². The number of alkyl carbamates (subject to hydrolysis) is 1. The number of para-hydroxylation sites is 1. The summed E-state index contributed by atoms with van der Waals surface area (Å²) in [6, 6.07) is 6.65. The highest BCUT2D eigenvalue weighted by Crippen LogP contribution is 2.29. The Morgan fingerprint density at radius 3 is 2.89 bits per heavy atom. The van der Waals surface area contributed by atoms with Crippen molar-refractivity contribution < 1.29 is 9.53 Å². The zero-order valence-corrected chi connectivity index (χ0v) is 12.0. The number of benzene rings is 1. The largest absolute Gasteiger partial charge is 0.444 e. The lowest BCUT2D eigenvalue weighted by Crippen LogP contribution is -2.32. The Bertz CT molecular complexity index is 478. The summed E-state index contributed by atoms with van der Waals surface area (Å²) in [6.45, 7) is 8.21. The third-order valence-corrected chi connectivity index (χ3v) is 2.98. The van der Waals surface area contributed by atoms with E-state index in [4.69, 9.17) is 4.74 Å². The Morgan fingerprint density at radius 1 is 1.47 bits per heavy atom. The van der Waals surface area contributed by atoms with Crippen LogP contribution in [0.2, 0.25) is 0 Å². The van der Waals surface area contributed by atoms with Gasteiger partial charge in [0.2, 0.25) is 0 Å². The first kappa shape index (κ1) is 13.7. The van der Waals surface area contributed by atoms with Gasteiger partial charge >= 0.3 is 6.09 Å². The van der Waals surface area contributed by atoms with Crippen LogP contribution in [0.4, 0.5) is 10.5 Å². The summed E-state index contributed by atoms with van der Waals surface area (Å²) in [5.74, 6) is 0. The van der Waals surface area contributed by atoms with Crippen LogP contribution >= 0.6 is 0 Å². The van der Waals surface area contributed by atoms with Crippen molar-refractivity contribution in [3.05, 3.63) is 29.3 Å². The van der Waals surface area contributed by atoms with Gasteiger partial charge < -0.3 is 15.4 Å². The van der Waals surface area contributed by atoms with Gasteiger partial charge in [0.1, 0.15) is 5.60 Å². The fourth-order valence-electron chi connectivity index (χ4n) is 2.27. The fourth-order valence-corrected chi connectivity index (χ4v) is 2.27. The highest BCUT2D eigenvalue weighted by atomic mass is 16.6. The predicted molar refractivity (Wildman–Crippen MR) is 76.3 cm³/mol. The number of rotatable bonds is 2. The summed E-state index contributed by atoms with van der Waals surface area (Å²) in [7, 11) is 0. The molecule has 19 heavy (non-hydrogen) atoms. The minimum absolute atomic E-state index is 0.379. The van der Waals surface area contributed by atoms with Crippen molar-refractivity contribution in [2.45, 2.75) is 52.3 Å². The molecular weight excluding hydrogens is 240 g/mol. The molecule has 1 unspecified atom stereocenters. The number of hydrogen-bond acceptors (Lipinski definition) is 3. The molecule has 1 aliphatic rings. The first-order valence-electron chi connectivity index (χ1n) is 6.69. The first-order chi connectivity index (χ1) is 8.85. The number of hydrogen-bond donors (Lipinski definition) is 2. The number of carbonyl (C=O) groups excluding carboxylic acids is 1. The second kappa shape index (κ2) is 5.11. The second-order valence-electron chi connectivity index (χ2n) is 6.06. The zero-order chi connectivity index (χ0) is 14.0. The lowest BCUT2D eigenvalue weighted by atomic mass is 10.1. The highest BCUT2D eigenvalue weighted by molar-refractivity contribution is 5.69. The minimum atomic E-state index is -0.463. The molecule has 0 aromatic heterocycles. The lowest BCUT2D eigenvalue weighted by molar-refractivity contribution is 0.0523. The van der Waals surface area contributed by atoms with Crippen molar-refractivity contribution in [2.24, 2.45) is 0 Å². The summed E-state index contributed by atoms with van der Waals surface area (Å²) in [5.41, 5.74) is 3.12. The van der Waals surface area contributed by atoms with Crippen molar-refractivity contribution in [2.75, 3.05) is 5.32 Å². The van der Waals surface area contributed by atoms with E-state index < -0.39 is 5.60 Å². The maximum absolute atomic E-state index is 11.6. The molecule has 1 amide bonds. The van der Waals surface area contributed by atoms with Gasteiger partial charge in [0, 0.05) is 18.3 Å². The zero-order valence-electron chi connectivity index (χ0n) is 12.0. The molecule has 1 heterocycles. The molecule has 0 radical (unpaired) electrons. The third kappa shape index (κ3) is 3.63. The molecule has 0 fully saturated rings. The molecule has 4 heteroatoms. The van der Waals surface area contributed by atoms with Gasteiger partial charge in [-0.1, -0.05) is 18.2 Å². The molecule has 104 valence electrons. The van der Waals surface area contributed by atoms with Gasteiger partial charge in [-0.15, -0.1) is 0 Å². The van der Waals surface area contributed by atoms with E-state index in [1.54, 1.807) is 0 Å². The highest BCUT2D eigenvalue weighted by Gasteiger charge is 2.20. The van der Waals surface area contributed by atoms with E-state index in [1.807, 2.05) is 32.9 Å². The molecule has 1 aromatic carbocycles. The van der Waals surface area contributed by atoms with Crippen LogP contribution in [0.3, 0.4) is 0 Å². The molecule has 2 rings (SSSR count). The molecule has 0 bridgehead atoms. The van der Waals surface area contributed by atoms with Gasteiger partial charge in [0.05, 0.1) is 0 Å². The van der Waals surface area contributed by atoms with Crippen LogP contribution in [0.5, 0.6) is 0 Å². The van der Waals surface area contributed by atoms with Gasteiger partial charge in [-0.3, -0.25) is 0 Å². The lowest BCUT2D eigenvalue weighted by Gasteiger charge is -2.20. The van der Waals surface area contributed by atoms with Gasteiger partial charge in [0.15, 0.2) is 0 Å². The number of fused-ring (bicyclic) bond motifs is 1. The van der Waals surface area contributed by atoms with Crippen molar-refractivity contribution in [1.82, 2.24) is 5.32 Å². The first-order valence-corrected chi connectivity index (χ1v) is 6.69.